The van der Waals surface area contributed by atoms with Crippen LogP contribution in [0.4, 0.5) is 10.2 Å². The maximum atomic E-state index is 12.8. The molecule has 0 unspecified atom stereocenters. The van der Waals surface area contributed by atoms with E-state index in [1.807, 2.05) is 0 Å². The molecule has 0 spiro atoms. The van der Waals surface area contributed by atoms with Gasteiger partial charge in [0.15, 0.2) is 5.02 Å². The van der Waals surface area contributed by atoms with Crippen LogP contribution in [0.3, 0.4) is 0 Å². The lowest BCUT2D eigenvalue weighted by molar-refractivity contribution is -0.389. The molecule has 0 aliphatic carbocycles. The van der Waals surface area contributed by atoms with Gasteiger partial charge in [-0.05, 0) is 22.6 Å². The summed E-state index contributed by atoms with van der Waals surface area (Å²) in [7, 11) is 0. The standard InChI is InChI=1S/C10H6Cl2FN3O2/c11-8-3-7(13)2-1-6(8)4-15-5-9(12)10(14-15)16(17)18/h1-3,5H,4H2. The van der Waals surface area contributed by atoms with Crippen LogP contribution >= 0.6 is 23.2 Å². The van der Waals surface area contributed by atoms with Gasteiger partial charge in [-0.2, -0.15) is 4.68 Å². The molecule has 0 aliphatic heterocycles. The summed E-state index contributed by atoms with van der Waals surface area (Å²) in [5, 5.41) is 14.4. The van der Waals surface area contributed by atoms with Crippen LogP contribution in [0.15, 0.2) is 24.4 Å². The van der Waals surface area contributed by atoms with Crippen LogP contribution in [0, 0.1) is 15.9 Å². The first-order valence-corrected chi connectivity index (χ1v) is 5.54. The molecule has 0 atom stereocenters. The van der Waals surface area contributed by atoms with Gasteiger partial charge in [0.05, 0.1) is 17.8 Å². The van der Waals surface area contributed by atoms with E-state index in [1.165, 1.54) is 23.0 Å². The molecule has 2 aromatic rings. The fourth-order valence-electron chi connectivity index (χ4n) is 1.42. The van der Waals surface area contributed by atoms with Crippen LogP contribution in [-0.4, -0.2) is 14.7 Å². The van der Waals surface area contributed by atoms with E-state index in [2.05, 4.69) is 5.10 Å². The van der Waals surface area contributed by atoms with E-state index in [0.29, 0.717) is 5.56 Å². The second-order valence-electron chi connectivity index (χ2n) is 3.49. The normalized spacial score (nSPS) is 10.6. The van der Waals surface area contributed by atoms with Crippen LogP contribution in [0.25, 0.3) is 0 Å². The third-order valence-corrected chi connectivity index (χ3v) is 2.84. The number of nitro groups is 1. The number of halogens is 3. The van der Waals surface area contributed by atoms with E-state index in [4.69, 9.17) is 23.2 Å². The van der Waals surface area contributed by atoms with Crippen LogP contribution in [0.5, 0.6) is 0 Å². The minimum atomic E-state index is -0.675. The van der Waals surface area contributed by atoms with Crippen molar-refractivity contribution in [3.8, 4) is 0 Å². The van der Waals surface area contributed by atoms with Crippen molar-refractivity contribution < 1.29 is 9.31 Å². The smallest absolute Gasteiger partial charge is 0.358 e. The minimum absolute atomic E-state index is 0.0572. The first kappa shape index (κ1) is 12.8. The molecule has 0 bridgehead atoms. The Kier molecular flexibility index (Phi) is 3.49. The third-order valence-electron chi connectivity index (χ3n) is 2.22. The van der Waals surface area contributed by atoms with Crippen molar-refractivity contribution in [2.24, 2.45) is 0 Å². The fraction of sp³-hybridized carbons (Fsp3) is 0.100. The van der Waals surface area contributed by atoms with E-state index >= 15 is 0 Å². The van der Waals surface area contributed by atoms with Crippen molar-refractivity contribution in [2.45, 2.75) is 6.54 Å². The lowest BCUT2D eigenvalue weighted by Gasteiger charge is -2.01. The average Bonchev–Trinajstić information content (AvgIpc) is 2.64. The highest BCUT2D eigenvalue weighted by atomic mass is 35.5. The first-order valence-electron chi connectivity index (χ1n) is 4.78. The van der Waals surface area contributed by atoms with Gasteiger partial charge in [0.25, 0.3) is 0 Å². The maximum Gasteiger partial charge on any atom is 0.408 e. The molecule has 1 aromatic carbocycles. The van der Waals surface area contributed by atoms with E-state index in [-0.39, 0.29) is 16.6 Å². The molecule has 0 radical (unpaired) electrons. The van der Waals surface area contributed by atoms with Crippen LogP contribution in [0.1, 0.15) is 5.56 Å². The molecule has 0 saturated heterocycles. The highest BCUT2D eigenvalue weighted by Gasteiger charge is 2.19. The van der Waals surface area contributed by atoms with Crippen LogP contribution in [-0.2, 0) is 6.54 Å². The number of aromatic nitrogens is 2. The van der Waals surface area contributed by atoms with Gasteiger partial charge < -0.3 is 10.1 Å². The van der Waals surface area contributed by atoms with E-state index in [9.17, 15) is 14.5 Å². The van der Waals surface area contributed by atoms with Crippen molar-refractivity contribution in [3.05, 3.63) is 55.9 Å². The van der Waals surface area contributed by atoms with Gasteiger partial charge in [-0.1, -0.05) is 29.3 Å². The number of nitrogens with zero attached hydrogens (tertiary/aromatic N) is 3. The lowest BCUT2D eigenvalue weighted by atomic mass is 10.2. The topological polar surface area (TPSA) is 61.0 Å². The third kappa shape index (κ3) is 2.60. The monoisotopic (exact) mass is 289 g/mol. The Morgan fingerprint density at radius 1 is 1.39 bits per heavy atom. The van der Waals surface area contributed by atoms with Gasteiger partial charge >= 0.3 is 5.82 Å². The molecule has 8 heteroatoms. The SMILES string of the molecule is O=[N+]([O-])c1nn(Cc2ccc(F)cc2Cl)cc1Cl. The molecule has 0 amide bonds. The Bertz CT molecular complexity index is 615. The molecule has 5 nitrogen and oxygen atoms in total. The second kappa shape index (κ2) is 4.91. The fourth-order valence-corrected chi connectivity index (χ4v) is 1.86. The summed E-state index contributed by atoms with van der Waals surface area (Å²) in [6, 6.07) is 3.90. The van der Waals surface area contributed by atoms with E-state index in [1.54, 1.807) is 0 Å². The molecule has 0 aliphatic rings. The zero-order valence-electron chi connectivity index (χ0n) is 8.81. The summed E-state index contributed by atoms with van der Waals surface area (Å²) in [6.45, 7) is 0.173. The highest BCUT2D eigenvalue weighted by Crippen LogP contribution is 2.23. The largest absolute Gasteiger partial charge is 0.408 e. The minimum Gasteiger partial charge on any atom is -0.358 e. The Balaban J connectivity index is 2.29. The Morgan fingerprint density at radius 3 is 2.67 bits per heavy atom. The van der Waals surface area contributed by atoms with Gasteiger partial charge in [-0.25, -0.2) is 4.39 Å². The summed E-state index contributed by atoms with van der Waals surface area (Å²) >= 11 is 11.5. The molecule has 1 heterocycles. The molecule has 18 heavy (non-hydrogen) atoms. The number of rotatable bonds is 3. The number of benzene rings is 1. The Labute approximate surface area is 111 Å². The second-order valence-corrected chi connectivity index (χ2v) is 4.31. The van der Waals surface area contributed by atoms with Gasteiger partial charge in [-0.15, -0.1) is 0 Å². The lowest BCUT2D eigenvalue weighted by Crippen LogP contribution is -2.02. The van der Waals surface area contributed by atoms with Gasteiger partial charge in [0.1, 0.15) is 5.82 Å². The Hall–Kier alpha value is -1.66. The summed E-state index contributed by atoms with van der Waals surface area (Å²) < 4.78 is 14.1. The molecular formula is C10H6Cl2FN3O2. The highest BCUT2D eigenvalue weighted by molar-refractivity contribution is 6.32. The van der Waals surface area contributed by atoms with Crippen molar-refractivity contribution in [1.82, 2.24) is 9.78 Å². The van der Waals surface area contributed by atoms with Crippen molar-refractivity contribution >= 4 is 29.0 Å². The zero-order valence-corrected chi connectivity index (χ0v) is 10.3. The molecule has 1 aromatic heterocycles. The van der Waals surface area contributed by atoms with Crippen LogP contribution < -0.4 is 0 Å². The molecule has 94 valence electrons. The van der Waals surface area contributed by atoms with E-state index in [0.717, 1.165) is 6.07 Å². The van der Waals surface area contributed by atoms with Crippen LogP contribution in [0.2, 0.25) is 10.0 Å². The predicted octanol–water partition coefficient (Wildman–Crippen LogP) is 3.29. The summed E-state index contributed by atoms with van der Waals surface area (Å²) in [5.74, 6) is -0.872. The van der Waals surface area contributed by atoms with Crippen molar-refractivity contribution in [1.29, 1.82) is 0 Å². The van der Waals surface area contributed by atoms with Gasteiger partial charge in [0, 0.05) is 5.02 Å². The van der Waals surface area contributed by atoms with E-state index < -0.39 is 16.6 Å². The Morgan fingerprint density at radius 2 is 2.11 bits per heavy atom. The molecular weight excluding hydrogens is 284 g/mol. The summed E-state index contributed by atoms with van der Waals surface area (Å²) in [6.07, 6.45) is 1.32. The average molecular weight is 290 g/mol. The molecule has 0 saturated carbocycles. The summed E-state index contributed by atoms with van der Waals surface area (Å²) in [5.41, 5.74) is 0.590. The summed E-state index contributed by atoms with van der Waals surface area (Å²) in [4.78, 5) is 9.89. The van der Waals surface area contributed by atoms with Gasteiger partial charge in [0.2, 0.25) is 0 Å². The predicted molar refractivity (Wildman–Crippen MR) is 64.4 cm³/mol. The van der Waals surface area contributed by atoms with Crippen molar-refractivity contribution in [2.75, 3.05) is 0 Å². The molecule has 2 rings (SSSR count). The maximum absolute atomic E-state index is 12.8. The van der Waals surface area contributed by atoms with Crippen molar-refractivity contribution in [3.63, 3.8) is 0 Å². The first-order chi connectivity index (χ1) is 8.47. The number of hydrogen-bond acceptors (Lipinski definition) is 3. The van der Waals surface area contributed by atoms with Gasteiger partial charge in [-0.3, -0.25) is 0 Å². The quantitative estimate of drug-likeness (QED) is 0.643. The molecule has 0 N–H and O–H groups in total. The number of hydrogen-bond donors (Lipinski definition) is 0. The zero-order chi connectivity index (χ0) is 13.3. The molecule has 0 fully saturated rings.